The fourth-order valence-electron chi connectivity index (χ4n) is 1.84. The van der Waals surface area contributed by atoms with Crippen LogP contribution in [0.4, 0.5) is 0 Å². The molecule has 0 saturated carbocycles. The van der Waals surface area contributed by atoms with Gasteiger partial charge in [-0.2, -0.15) is 5.10 Å². The standard InChI is InChI=1S/C13H12N4OS/c1-9-14-4-5-17(9)7-10-6-12(19-8-10)11-2-3-13(18)16-15-11/h2-6,8H,7H2,1H3,(H,16,18). The molecule has 19 heavy (non-hydrogen) atoms. The minimum Gasteiger partial charge on any atom is -0.331 e. The molecule has 0 radical (unpaired) electrons. The van der Waals surface area contributed by atoms with Gasteiger partial charge in [0.25, 0.3) is 5.56 Å². The normalized spacial score (nSPS) is 10.8. The summed E-state index contributed by atoms with van der Waals surface area (Å²) in [6.45, 7) is 2.78. The van der Waals surface area contributed by atoms with Crippen molar-refractivity contribution in [2.75, 3.05) is 0 Å². The van der Waals surface area contributed by atoms with Crippen LogP contribution in [0.25, 0.3) is 10.6 Å². The van der Waals surface area contributed by atoms with Crippen LogP contribution in [-0.2, 0) is 6.54 Å². The highest BCUT2D eigenvalue weighted by Gasteiger charge is 2.05. The summed E-state index contributed by atoms with van der Waals surface area (Å²) in [6.07, 6.45) is 3.76. The highest BCUT2D eigenvalue weighted by Crippen LogP contribution is 2.25. The van der Waals surface area contributed by atoms with E-state index in [4.69, 9.17) is 0 Å². The van der Waals surface area contributed by atoms with Crippen molar-refractivity contribution in [2.24, 2.45) is 0 Å². The molecule has 3 heterocycles. The third kappa shape index (κ3) is 2.48. The quantitative estimate of drug-likeness (QED) is 0.793. The zero-order valence-corrected chi connectivity index (χ0v) is 11.1. The second-order valence-electron chi connectivity index (χ2n) is 4.23. The van der Waals surface area contributed by atoms with Crippen molar-refractivity contribution >= 4 is 11.3 Å². The molecule has 0 spiro atoms. The molecule has 3 rings (SSSR count). The topological polar surface area (TPSA) is 63.6 Å². The summed E-state index contributed by atoms with van der Waals surface area (Å²) in [5.74, 6) is 0.995. The van der Waals surface area contributed by atoms with Gasteiger partial charge in [-0.25, -0.2) is 10.1 Å². The summed E-state index contributed by atoms with van der Waals surface area (Å²) in [5, 5.41) is 8.58. The van der Waals surface area contributed by atoms with Crippen LogP contribution in [0.2, 0.25) is 0 Å². The van der Waals surface area contributed by atoms with Crippen LogP contribution in [-0.4, -0.2) is 19.7 Å². The largest absolute Gasteiger partial charge is 0.331 e. The molecule has 0 atom stereocenters. The first-order valence-corrected chi connectivity index (χ1v) is 6.71. The number of imidazole rings is 1. The summed E-state index contributed by atoms with van der Waals surface area (Å²) >= 11 is 1.62. The van der Waals surface area contributed by atoms with E-state index in [9.17, 15) is 4.79 Å². The van der Waals surface area contributed by atoms with Gasteiger partial charge in [0.05, 0.1) is 4.88 Å². The molecule has 0 unspecified atom stereocenters. The van der Waals surface area contributed by atoms with Crippen LogP contribution >= 0.6 is 11.3 Å². The molecule has 0 aliphatic carbocycles. The lowest BCUT2D eigenvalue weighted by Crippen LogP contribution is -2.05. The molecule has 6 heteroatoms. The first kappa shape index (κ1) is 11.9. The van der Waals surface area contributed by atoms with Crippen molar-refractivity contribution in [2.45, 2.75) is 13.5 Å². The number of nitrogens with one attached hydrogen (secondary N) is 1. The molecule has 96 valence electrons. The Morgan fingerprint density at radius 1 is 1.42 bits per heavy atom. The fourth-order valence-corrected chi connectivity index (χ4v) is 2.72. The maximum atomic E-state index is 11.0. The molecule has 5 nitrogen and oxygen atoms in total. The zero-order valence-electron chi connectivity index (χ0n) is 10.3. The highest BCUT2D eigenvalue weighted by molar-refractivity contribution is 7.13. The molecule has 0 aromatic carbocycles. The van der Waals surface area contributed by atoms with E-state index in [1.54, 1.807) is 23.6 Å². The van der Waals surface area contributed by atoms with E-state index in [0.29, 0.717) is 0 Å². The number of hydrogen-bond donors (Lipinski definition) is 1. The Balaban J connectivity index is 1.85. The van der Waals surface area contributed by atoms with Gasteiger partial charge in [-0.1, -0.05) is 0 Å². The Morgan fingerprint density at radius 2 is 2.32 bits per heavy atom. The minimum atomic E-state index is -0.186. The fraction of sp³-hybridized carbons (Fsp3) is 0.154. The number of rotatable bonds is 3. The molecule has 1 N–H and O–H groups in total. The Hall–Kier alpha value is -2.21. The maximum absolute atomic E-state index is 11.0. The van der Waals surface area contributed by atoms with Crippen molar-refractivity contribution < 1.29 is 0 Å². The third-order valence-corrected chi connectivity index (χ3v) is 3.86. The van der Waals surface area contributed by atoms with Crippen LogP contribution in [0.15, 0.2) is 40.8 Å². The van der Waals surface area contributed by atoms with E-state index in [1.165, 1.54) is 11.6 Å². The van der Waals surface area contributed by atoms with E-state index in [-0.39, 0.29) is 5.56 Å². The van der Waals surface area contributed by atoms with Crippen LogP contribution in [0.1, 0.15) is 11.4 Å². The van der Waals surface area contributed by atoms with Crippen molar-refractivity contribution in [1.82, 2.24) is 19.7 Å². The number of aromatic amines is 1. The first-order valence-electron chi connectivity index (χ1n) is 5.83. The Kier molecular flexibility index (Phi) is 3.00. The molecule has 3 aromatic heterocycles. The van der Waals surface area contributed by atoms with E-state index < -0.39 is 0 Å². The molecule has 0 aliphatic rings. The Labute approximate surface area is 113 Å². The van der Waals surface area contributed by atoms with E-state index in [1.807, 2.05) is 13.1 Å². The van der Waals surface area contributed by atoms with Gasteiger partial charge in [0.1, 0.15) is 11.5 Å². The van der Waals surface area contributed by atoms with Gasteiger partial charge in [0, 0.05) is 25.0 Å². The van der Waals surface area contributed by atoms with Gasteiger partial charge in [0.15, 0.2) is 0 Å². The minimum absolute atomic E-state index is 0.186. The lowest BCUT2D eigenvalue weighted by molar-refractivity contribution is 0.764. The molecule has 0 aliphatic heterocycles. The van der Waals surface area contributed by atoms with Gasteiger partial charge >= 0.3 is 0 Å². The SMILES string of the molecule is Cc1nccn1Cc1csc(-c2ccc(=O)[nH]n2)c1. The predicted octanol–water partition coefficient (Wildman–Crippen LogP) is 2.05. The van der Waals surface area contributed by atoms with E-state index in [0.717, 1.165) is 22.9 Å². The average molecular weight is 272 g/mol. The van der Waals surface area contributed by atoms with Crippen molar-refractivity contribution in [1.29, 1.82) is 0 Å². The second-order valence-corrected chi connectivity index (χ2v) is 5.14. The maximum Gasteiger partial charge on any atom is 0.264 e. The summed E-state index contributed by atoms with van der Waals surface area (Å²) in [6, 6.07) is 5.31. The molecule has 0 fully saturated rings. The number of hydrogen-bond acceptors (Lipinski definition) is 4. The lowest BCUT2D eigenvalue weighted by Gasteiger charge is -2.01. The van der Waals surface area contributed by atoms with E-state index in [2.05, 4.69) is 31.2 Å². The third-order valence-electron chi connectivity index (χ3n) is 2.86. The summed E-state index contributed by atoms with van der Waals surface area (Å²) in [5.41, 5.74) is 1.81. The van der Waals surface area contributed by atoms with Crippen molar-refractivity contribution in [3.63, 3.8) is 0 Å². The molecular weight excluding hydrogens is 260 g/mol. The van der Waals surface area contributed by atoms with Crippen LogP contribution in [0.5, 0.6) is 0 Å². The van der Waals surface area contributed by atoms with Crippen LogP contribution in [0, 0.1) is 6.92 Å². The Morgan fingerprint density at radius 3 is 3.00 bits per heavy atom. The highest BCUT2D eigenvalue weighted by atomic mass is 32.1. The van der Waals surface area contributed by atoms with Gasteiger partial charge < -0.3 is 4.57 Å². The Bertz CT molecular complexity index is 735. The van der Waals surface area contributed by atoms with Crippen molar-refractivity contribution in [3.8, 4) is 10.6 Å². The molecule has 0 amide bonds. The number of H-pyrrole nitrogens is 1. The second kappa shape index (κ2) is 4.81. The molecule has 0 saturated heterocycles. The molecule has 3 aromatic rings. The molecule has 0 bridgehead atoms. The summed E-state index contributed by atoms with van der Waals surface area (Å²) in [4.78, 5) is 16.2. The predicted molar refractivity (Wildman–Crippen MR) is 74.2 cm³/mol. The zero-order chi connectivity index (χ0) is 13.2. The summed E-state index contributed by atoms with van der Waals surface area (Å²) in [7, 11) is 0. The first-order chi connectivity index (χ1) is 9.22. The number of nitrogens with zero attached hydrogens (tertiary/aromatic N) is 3. The lowest BCUT2D eigenvalue weighted by atomic mass is 10.2. The van der Waals surface area contributed by atoms with Gasteiger partial charge in [-0.05, 0) is 30.0 Å². The van der Waals surface area contributed by atoms with Gasteiger partial charge in [-0.15, -0.1) is 11.3 Å². The smallest absolute Gasteiger partial charge is 0.264 e. The molecular formula is C13H12N4OS. The van der Waals surface area contributed by atoms with Crippen LogP contribution in [0.3, 0.4) is 0 Å². The number of thiophene rings is 1. The monoisotopic (exact) mass is 272 g/mol. The van der Waals surface area contributed by atoms with Gasteiger partial charge in [0.2, 0.25) is 0 Å². The van der Waals surface area contributed by atoms with Crippen LogP contribution < -0.4 is 5.56 Å². The number of aromatic nitrogens is 4. The number of aryl methyl sites for hydroxylation is 1. The van der Waals surface area contributed by atoms with Crippen molar-refractivity contribution in [3.05, 3.63) is 57.7 Å². The average Bonchev–Trinajstić information content (AvgIpc) is 3.01. The van der Waals surface area contributed by atoms with E-state index >= 15 is 0 Å². The summed E-state index contributed by atoms with van der Waals surface area (Å²) < 4.78 is 2.09. The van der Waals surface area contributed by atoms with Gasteiger partial charge in [-0.3, -0.25) is 4.79 Å².